The van der Waals surface area contributed by atoms with Crippen LogP contribution in [0.1, 0.15) is 86.9 Å². The number of carbonyl (C=O) groups is 2. The van der Waals surface area contributed by atoms with Gasteiger partial charge in [-0.2, -0.15) is 0 Å². The third kappa shape index (κ3) is 6.61. The van der Waals surface area contributed by atoms with Crippen LogP contribution in [0.25, 0.3) is 0 Å². The SMILES string of the molecule is O=C1OC2(c3ccc(O)cc3Oc3cc(OCc4cn(CCCCCCOc5cc(C6CC(=O)c7c(O)cc(O)cc7O6)ccc5O)nn4)ccc32)c2ccccc21. The molecule has 3 aliphatic heterocycles. The number of phenols is 4. The van der Waals surface area contributed by atoms with Crippen molar-refractivity contribution in [1.82, 2.24) is 15.0 Å². The Labute approximate surface area is 331 Å². The summed E-state index contributed by atoms with van der Waals surface area (Å²) in [6.45, 7) is 1.20. The number of aryl methyl sites for hydroxylation is 1. The highest BCUT2D eigenvalue weighted by Crippen LogP contribution is 2.57. The minimum absolute atomic E-state index is 0.0131. The number of aromatic nitrogens is 3. The average molecular weight is 784 g/mol. The molecule has 5 aromatic carbocycles. The molecule has 6 aromatic rings. The number of phenolic OH excluding ortho intramolecular Hbond substituents is 4. The molecule has 4 N–H and O–H groups in total. The van der Waals surface area contributed by atoms with E-state index in [4.69, 9.17) is 23.7 Å². The second-order valence-electron chi connectivity index (χ2n) is 14.4. The van der Waals surface area contributed by atoms with E-state index < -0.39 is 17.7 Å². The number of rotatable bonds is 12. The van der Waals surface area contributed by atoms with Crippen LogP contribution < -0.4 is 18.9 Å². The van der Waals surface area contributed by atoms with Gasteiger partial charge in [-0.1, -0.05) is 35.9 Å². The molecule has 2 atom stereocenters. The highest BCUT2D eigenvalue weighted by molar-refractivity contribution is 6.02. The molecule has 3 aliphatic rings. The molecule has 0 bridgehead atoms. The van der Waals surface area contributed by atoms with E-state index in [0.29, 0.717) is 63.9 Å². The van der Waals surface area contributed by atoms with Crippen LogP contribution in [0.2, 0.25) is 0 Å². The molecule has 294 valence electrons. The van der Waals surface area contributed by atoms with Gasteiger partial charge >= 0.3 is 5.97 Å². The van der Waals surface area contributed by atoms with Crippen LogP contribution in [-0.2, 0) is 23.5 Å². The maximum atomic E-state index is 13.0. The molecule has 1 aromatic heterocycles. The summed E-state index contributed by atoms with van der Waals surface area (Å²) in [6.07, 6.45) is 4.55. The van der Waals surface area contributed by atoms with Gasteiger partial charge in [0, 0.05) is 47.5 Å². The fourth-order valence-electron chi connectivity index (χ4n) is 7.78. The number of ketones is 1. The van der Waals surface area contributed by atoms with Crippen molar-refractivity contribution in [2.45, 2.75) is 57.0 Å². The van der Waals surface area contributed by atoms with Crippen LogP contribution in [0.3, 0.4) is 0 Å². The predicted octanol–water partition coefficient (Wildman–Crippen LogP) is 7.59. The normalized spacial score (nSPS) is 17.3. The van der Waals surface area contributed by atoms with Crippen molar-refractivity contribution in [3.05, 3.63) is 136 Å². The van der Waals surface area contributed by atoms with Gasteiger partial charge in [-0.3, -0.25) is 9.48 Å². The molecule has 2 unspecified atom stereocenters. The summed E-state index contributed by atoms with van der Waals surface area (Å²) >= 11 is 0. The van der Waals surface area contributed by atoms with E-state index >= 15 is 0 Å². The van der Waals surface area contributed by atoms with Gasteiger partial charge in [0.25, 0.3) is 0 Å². The number of ether oxygens (including phenoxy) is 5. The van der Waals surface area contributed by atoms with Crippen molar-refractivity contribution in [2.75, 3.05) is 6.61 Å². The summed E-state index contributed by atoms with van der Waals surface area (Å²) in [6, 6.07) is 24.5. The van der Waals surface area contributed by atoms with Gasteiger partial charge in [-0.05, 0) is 67.3 Å². The zero-order chi connectivity index (χ0) is 40.0. The summed E-state index contributed by atoms with van der Waals surface area (Å²) in [4.78, 5) is 25.8. The van der Waals surface area contributed by atoms with Gasteiger partial charge in [-0.15, -0.1) is 5.10 Å². The van der Waals surface area contributed by atoms with E-state index in [0.717, 1.165) is 31.7 Å². The molecule has 1 spiro atoms. The van der Waals surface area contributed by atoms with Crippen molar-refractivity contribution in [2.24, 2.45) is 0 Å². The lowest BCUT2D eigenvalue weighted by Gasteiger charge is -2.36. The Balaban J connectivity index is 0.756. The average Bonchev–Trinajstić information content (AvgIpc) is 3.78. The second-order valence-corrected chi connectivity index (χ2v) is 14.4. The number of aromatic hydroxyl groups is 4. The molecule has 0 saturated carbocycles. The Kier molecular flexibility index (Phi) is 9.23. The molecule has 0 fully saturated rings. The molecule has 0 radical (unpaired) electrons. The van der Waals surface area contributed by atoms with Crippen LogP contribution in [0, 0.1) is 0 Å². The number of hydrogen-bond acceptors (Lipinski definition) is 13. The lowest BCUT2D eigenvalue weighted by atomic mass is 9.77. The smallest absolute Gasteiger partial charge is 0.340 e. The molecule has 14 nitrogen and oxygen atoms in total. The first-order chi connectivity index (χ1) is 28.2. The van der Waals surface area contributed by atoms with Gasteiger partial charge < -0.3 is 44.1 Å². The number of fused-ring (bicyclic) bond motifs is 7. The lowest BCUT2D eigenvalue weighted by Crippen LogP contribution is -2.32. The molecule has 4 heterocycles. The standard InChI is InChI=1S/C44H37N3O11/c48-27-10-12-32-38(19-27)57-39-21-29(11-13-33(39)44(32)31-8-4-3-7-30(31)43(53)58-44)55-24-26-23-47(46-45-26)15-5-1-2-6-16-54-40-17-25(9-14-34(40)50)37-22-36(52)42-35(51)18-28(49)20-41(42)56-37/h3-4,7-14,17-21,23,37,48-51H,1-2,5-6,15-16,22,24H2. The largest absolute Gasteiger partial charge is 0.508 e. The summed E-state index contributed by atoms with van der Waals surface area (Å²) in [7, 11) is 0. The van der Waals surface area contributed by atoms with Crippen LogP contribution in [0.5, 0.6) is 51.7 Å². The number of unbranched alkanes of at least 4 members (excludes halogenated alkanes) is 3. The Morgan fingerprint density at radius 2 is 1.55 bits per heavy atom. The highest BCUT2D eigenvalue weighted by atomic mass is 16.6. The summed E-state index contributed by atoms with van der Waals surface area (Å²) in [5, 5.41) is 49.1. The maximum absolute atomic E-state index is 13.0. The molecule has 0 aliphatic carbocycles. The van der Waals surface area contributed by atoms with E-state index in [2.05, 4.69) is 10.3 Å². The van der Waals surface area contributed by atoms with Crippen LogP contribution >= 0.6 is 0 Å². The van der Waals surface area contributed by atoms with E-state index in [9.17, 15) is 30.0 Å². The van der Waals surface area contributed by atoms with Gasteiger partial charge in [0.05, 0.1) is 24.8 Å². The number of Topliss-reactive ketones (excluding diaryl/α,β-unsaturated/α-hetero) is 1. The molecular weight excluding hydrogens is 746 g/mol. The van der Waals surface area contributed by atoms with Gasteiger partial charge in [-0.25, -0.2) is 4.79 Å². The monoisotopic (exact) mass is 783 g/mol. The van der Waals surface area contributed by atoms with E-state index in [1.165, 1.54) is 18.2 Å². The zero-order valence-corrected chi connectivity index (χ0v) is 31.0. The zero-order valence-electron chi connectivity index (χ0n) is 31.0. The Bertz CT molecular complexity index is 2590. The van der Waals surface area contributed by atoms with Gasteiger partial charge in [0.1, 0.15) is 64.2 Å². The highest BCUT2D eigenvalue weighted by Gasteiger charge is 2.53. The second kappa shape index (κ2) is 14.7. The minimum atomic E-state index is -1.24. The number of esters is 1. The fourth-order valence-corrected chi connectivity index (χ4v) is 7.78. The molecule has 9 rings (SSSR count). The topological polar surface area (TPSA) is 192 Å². The van der Waals surface area contributed by atoms with E-state index in [-0.39, 0.29) is 58.9 Å². The molecule has 0 saturated heterocycles. The molecule has 0 amide bonds. The first-order valence-corrected chi connectivity index (χ1v) is 18.9. The van der Waals surface area contributed by atoms with Crippen LogP contribution in [0.15, 0.2) is 97.2 Å². The van der Waals surface area contributed by atoms with Crippen molar-refractivity contribution >= 4 is 11.8 Å². The lowest BCUT2D eigenvalue weighted by molar-refractivity contribution is 0.0224. The Morgan fingerprint density at radius 1 is 0.759 bits per heavy atom. The number of benzene rings is 5. The summed E-state index contributed by atoms with van der Waals surface area (Å²) < 4.78 is 32.0. The summed E-state index contributed by atoms with van der Waals surface area (Å²) in [5.74, 6) is 0.382. The van der Waals surface area contributed by atoms with E-state index in [1.807, 2.05) is 24.4 Å². The molecule has 14 heteroatoms. The van der Waals surface area contributed by atoms with Crippen molar-refractivity contribution < 1.29 is 53.7 Å². The van der Waals surface area contributed by atoms with Crippen LogP contribution in [-0.4, -0.2) is 53.8 Å². The maximum Gasteiger partial charge on any atom is 0.340 e. The Hall–Kier alpha value is -7.22. The Morgan fingerprint density at radius 3 is 2.43 bits per heavy atom. The van der Waals surface area contributed by atoms with Gasteiger partial charge in [0.2, 0.25) is 0 Å². The number of nitrogens with zero attached hydrogens (tertiary/aromatic N) is 3. The predicted molar refractivity (Wildman–Crippen MR) is 205 cm³/mol. The fraction of sp³-hybridized carbons (Fsp3) is 0.227. The third-order valence-corrected chi connectivity index (χ3v) is 10.5. The first kappa shape index (κ1) is 36.4. The molecule has 58 heavy (non-hydrogen) atoms. The first-order valence-electron chi connectivity index (χ1n) is 18.9. The number of carbonyl (C=O) groups excluding carboxylic acids is 2. The van der Waals surface area contributed by atoms with Crippen molar-refractivity contribution in [3.8, 4) is 51.7 Å². The quantitative estimate of drug-likeness (QED) is 0.0702. The van der Waals surface area contributed by atoms with E-state index in [1.54, 1.807) is 53.2 Å². The van der Waals surface area contributed by atoms with Crippen LogP contribution in [0.4, 0.5) is 0 Å². The summed E-state index contributed by atoms with van der Waals surface area (Å²) in [5.41, 5.74) is 2.48. The molecular formula is C44H37N3O11. The van der Waals surface area contributed by atoms with Gasteiger partial charge in [0.15, 0.2) is 22.9 Å². The third-order valence-electron chi connectivity index (χ3n) is 10.5. The van der Waals surface area contributed by atoms with Crippen molar-refractivity contribution in [3.63, 3.8) is 0 Å². The minimum Gasteiger partial charge on any atom is -0.508 e. The number of hydrogen-bond donors (Lipinski definition) is 4. The van der Waals surface area contributed by atoms with Crippen molar-refractivity contribution in [1.29, 1.82) is 0 Å².